The van der Waals surface area contributed by atoms with Crippen LogP contribution in [0.5, 0.6) is 11.5 Å². The number of methoxy groups -OCH3 is 1. The standard InChI is InChI=1S/C21H19ClFNO2/c1-25-17-10-8-16(9-11-17)24-13-15-4-2-5-18(12-15)26-14-19-20(22)6-3-7-21(19)23/h2-12,24H,13-14H2,1H3. The van der Waals surface area contributed by atoms with Crippen LogP contribution in [0.1, 0.15) is 11.1 Å². The molecule has 0 aromatic heterocycles. The molecule has 3 nitrogen and oxygen atoms in total. The smallest absolute Gasteiger partial charge is 0.131 e. The Morgan fingerprint density at radius 3 is 2.46 bits per heavy atom. The minimum absolute atomic E-state index is 0.0842. The first-order valence-electron chi connectivity index (χ1n) is 8.18. The van der Waals surface area contributed by atoms with Gasteiger partial charge in [0.2, 0.25) is 0 Å². The molecule has 0 aliphatic carbocycles. The van der Waals surface area contributed by atoms with Gasteiger partial charge in [0.05, 0.1) is 12.1 Å². The molecular formula is C21H19ClFNO2. The molecule has 0 aliphatic heterocycles. The number of hydrogen-bond donors (Lipinski definition) is 1. The molecular weight excluding hydrogens is 353 g/mol. The number of halogens is 2. The summed E-state index contributed by atoms with van der Waals surface area (Å²) in [7, 11) is 1.64. The lowest BCUT2D eigenvalue weighted by Crippen LogP contribution is -2.02. The summed E-state index contributed by atoms with van der Waals surface area (Å²) < 4.78 is 24.7. The fourth-order valence-corrected chi connectivity index (χ4v) is 2.70. The Hall–Kier alpha value is -2.72. The van der Waals surface area contributed by atoms with Crippen LogP contribution in [0.3, 0.4) is 0 Å². The molecule has 3 aromatic carbocycles. The summed E-state index contributed by atoms with van der Waals surface area (Å²) in [6.45, 7) is 0.727. The van der Waals surface area contributed by atoms with Crippen LogP contribution in [0.25, 0.3) is 0 Å². The fraction of sp³-hybridized carbons (Fsp3) is 0.143. The van der Waals surface area contributed by atoms with Crippen molar-refractivity contribution in [2.45, 2.75) is 13.2 Å². The highest BCUT2D eigenvalue weighted by Gasteiger charge is 2.08. The zero-order valence-corrected chi connectivity index (χ0v) is 15.1. The summed E-state index contributed by atoms with van der Waals surface area (Å²) in [5, 5.41) is 3.70. The predicted octanol–water partition coefficient (Wildman–Crippen LogP) is 5.68. The lowest BCUT2D eigenvalue weighted by atomic mass is 10.2. The van der Waals surface area contributed by atoms with E-state index in [2.05, 4.69) is 5.32 Å². The fourth-order valence-electron chi connectivity index (χ4n) is 2.48. The van der Waals surface area contributed by atoms with Gasteiger partial charge < -0.3 is 14.8 Å². The predicted molar refractivity (Wildman–Crippen MR) is 103 cm³/mol. The number of ether oxygens (including phenoxy) is 2. The van der Waals surface area contributed by atoms with E-state index < -0.39 is 0 Å². The van der Waals surface area contributed by atoms with Crippen LogP contribution in [0.4, 0.5) is 10.1 Å². The van der Waals surface area contributed by atoms with E-state index in [4.69, 9.17) is 21.1 Å². The minimum atomic E-state index is -0.366. The second-order valence-corrected chi connectivity index (χ2v) is 6.13. The zero-order valence-electron chi connectivity index (χ0n) is 14.3. The topological polar surface area (TPSA) is 30.5 Å². The maximum absolute atomic E-state index is 13.8. The lowest BCUT2D eigenvalue weighted by Gasteiger charge is -2.11. The second kappa shape index (κ2) is 8.59. The van der Waals surface area contributed by atoms with Crippen LogP contribution >= 0.6 is 11.6 Å². The third-order valence-electron chi connectivity index (χ3n) is 3.93. The van der Waals surface area contributed by atoms with Crippen LogP contribution in [-0.4, -0.2) is 7.11 Å². The number of hydrogen-bond acceptors (Lipinski definition) is 3. The van der Waals surface area contributed by atoms with Crippen LogP contribution in [0.15, 0.2) is 66.7 Å². The quantitative estimate of drug-likeness (QED) is 0.579. The van der Waals surface area contributed by atoms with Crippen molar-refractivity contribution >= 4 is 17.3 Å². The average molecular weight is 372 g/mol. The molecule has 0 amide bonds. The van der Waals surface area contributed by atoms with Crippen molar-refractivity contribution in [2.24, 2.45) is 0 Å². The first-order chi connectivity index (χ1) is 12.7. The Bertz CT molecular complexity index is 848. The molecule has 0 bridgehead atoms. The van der Waals surface area contributed by atoms with Gasteiger partial charge in [0.15, 0.2) is 0 Å². The van der Waals surface area contributed by atoms with E-state index in [1.807, 2.05) is 48.5 Å². The van der Waals surface area contributed by atoms with E-state index in [0.29, 0.717) is 22.9 Å². The third kappa shape index (κ3) is 4.67. The average Bonchev–Trinajstić information content (AvgIpc) is 2.67. The summed E-state index contributed by atoms with van der Waals surface area (Å²) in [4.78, 5) is 0. The molecule has 3 rings (SSSR count). The summed E-state index contributed by atoms with van der Waals surface area (Å²) in [6, 6.07) is 20.0. The van der Waals surface area contributed by atoms with Crippen molar-refractivity contribution in [1.29, 1.82) is 0 Å². The van der Waals surface area contributed by atoms with Gasteiger partial charge in [-0.3, -0.25) is 0 Å². The van der Waals surface area contributed by atoms with Gasteiger partial charge in [0, 0.05) is 17.8 Å². The van der Waals surface area contributed by atoms with E-state index in [-0.39, 0.29) is 12.4 Å². The Kier molecular flexibility index (Phi) is 5.97. The second-order valence-electron chi connectivity index (χ2n) is 5.72. The van der Waals surface area contributed by atoms with Crippen molar-refractivity contribution in [3.63, 3.8) is 0 Å². The largest absolute Gasteiger partial charge is 0.497 e. The minimum Gasteiger partial charge on any atom is -0.497 e. The molecule has 5 heteroatoms. The zero-order chi connectivity index (χ0) is 18.4. The molecule has 0 saturated carbocycles. The third-order valence-corrected chi connectivity index (χ3v) is 4.28. The molecule has 0 saturated heterocycles. The van der Waals surface area contributed by atoms with Gasteiger partial charge in [0.1, 0.15) is 23.9 Å². The highest BCUT2D eigenvalue weighted by molar-refractivity contribution is 6.31. The van der Waals surface area contributed by atoms with Gasteiger partial charge in [-0.05, 0) is 54.1 Å². The van der Waals surface area contributed by atoms with Crippen molar-refractivity contribution in [3.05, 3.63) is 88.7 Å². The molecule has 26 heavy (non-hydrogen) atoms. The number of rotatable bonds is 7. The van der Waals surface area contributed by atoms with Gasteiger partial charge in [-0.15, -0.1) is 0 Å². The lowest BCUT2D eigenvalue weighted by molar-refractivity contribution is 0.299. The number of anilines is 1. The first kappa shape index (κ1) is 18.1. The van der Waals surface area contributed by atoms with E-state index in [1.165, 1.54) is 6.07 Å². The summed E-state index contributed by atoms with van der Waals surface area (Å²) in [5.41, 5.74) is 2.41. The van der Waals surface area contributed by atoms with Crippen molar-refractivity contribution in [1.82, 2.24) is 0 Å². The SMILES string of the molecule is COc1ccc(NCc2cccc(OCc3c(F)cccc3Cl)c2)cc1. The number of nitrogens with one attached hydrogen (secondary N) is 1. The van der Waals surface area contributed by atoms with Crippen molar-refractivity contribution in [2.75, 3.05) is 12.4 Å². The summed E-state index contributed by atoms with van der Waals surface area (Å²) in [5.74, 6) is 1.12. The highest BCUT2D eigenvalue weighted by atomic mass is 35.5. The molecule has 0 unspecified atom stereocenters. The van der Waals surface area contributed by atoms with Gasteiger partial charge in [0.25, 0.3) is 0 Å². The monoisotopic (exact) mass is 371 g/mol. The highest BCUT2D eigenvalue weighted by Crippen LogP contribution is 2.22. The molecule has 1 N–H and O–H groups in total. The van der Waals surface area contributed by atoms with Gasteiger partial charge >= 0.3 is 0 Å². The van der Waals surface area contributed by atoms with Crippen LogP contribution in [0.2, 0.25) is 5.02 Å². The van der Waals surface area contributed by atoms with Gasteiger partial charge in [-0.25, -0.2) is 4.39 Å². The first-order valence-corrected chi connectivity index (χ1v) is 8.56. The Balaban J connectivity index is 1.60. The molecule has 0 atom stereocenters. The molecule has 0 aliphatic rings. The normalized spacial score (nSPS) is 10.4. The molecule has 0 spiro atoms. The maximum atomic E-state index is 13.8. The number of benzene rings is 3. The Morgan fingerprint density at radius 2 is 1.73 bits per heavy atom. The summed E-state index contributed by atoms with van der Waals surface area (Å²) >= 11 is 6.03. The molecule has 3 aromatic rings. The van der Waals surface area contributed by atoms with Gasteiger partial charge in [-0.1, -0.05) is 29.8 Å². The Labute approximate surface area is 157 Å². The van der Waals surface area contributed by atoms with Gasteiger partial charge in [-0.2, -0.15) is 0 Å². The van der Waals surface area contributed by atoms with Crippen LogP contribution in [-0.2, 0) is 13.2 Å². The van der Waals surface area contributed by atoms with E-state index in [0.717, 1.165) is 17.0 Å². The van der Waals surface area contributed by atoms with Crippen molar-refractivity contribution < 1.29 is 13.9 Å². The maximum Gasteiger partial charge on any atom is 0.131 e. The van der Waals surface area contributed by atoms with E-state index >= 15 is 0 Å². The van der Waals surface area contributed by atoms with E-state index in [1.54, 1.807) is 19.2 Å². The molecule has 134 valence electrons. The molecule has 0 heterocycles. The van der Waals surface area contributed by atoms with E-state index in [9.17, 15) is 4.39 Å². The summed E-state index contributed by atoms with van der Waals surface area (Å²) in [6.07, 6.45) is 0. The van der Waals surface area contributed by atoms with Crippen molar-refractivity contribution in [3.8, 4) is 11.5 Å². The molecule has 0 radical (unpaired) electrons. The Morgan fingerprint density at radius 1 is 0.962 bits per heavy atom. The van der Waals surface area contributed by atoms with Crippen LogP contribution in [0, 0.1) is 5.82 Å². The molecule has 0 fully saturated rings. The van der Waals surface area contributed by atoms with Crippen LogP contribution < -0.4 is 14.8 Å².